The van der Waals surface area contributed by atoms with E-state index >= 15 is 0 Å². The Morgan fingerprint density at radius 2 is 1.84 bits per heavy atom. The van der Waals surface area contributed by atoms with Crippen LogP contribution in [0.3, 0.4) is 0 Å². The molecule has 2 rings (SSSR count). The fourth-order valence-electron chi connectivity index (χ4n) is 2.63. The second kappa shape index (κ2) is 5.64. The van der Waals surface area contributed by atoms with Crippen molar-refractivity contribution in [3.8, 4) is 0 Å². The maximum absolute atomic E-state index is 6.27. The van der Waals surface area contributed by atoms with Crippen LogP contribution in [0, 0.1) is 0 Å². The first kappa shape index (κ1) is 14.5. The summed E-state index contributed by atoms with van der Waals surface area (Å²) in [7, 11) is -1.05. The highest BCUT2D eigenvalue weighted by molar-refractivity contribution is 6.76. The largest absolute Gasteiger partial charge is 0.364 e. The SMILES string of the molecule is CC1(CCc2ccccc2)C=CC(C[Si](C)(C)C)O1. The van der Waals surface area contributed by atoms with Crippen LogP contribution in [0.1, 0.15) is 18.9 Å². The molecule has 1 aromatic rings. The van der Waals surface area contributed by atoms with Crippen molar-refractivity contribution in [2.75, 3.05) is 0 Å². The standard InChI is InChI=1S/C17H26OSi/c1-17(12-10-15-8-6-5-7-9-15)13-11-16(18-17)14-19(2,3)4/h5-9,11,13,16H,10,12,14H2,1-4H3. The average Bonchev–Trinajstić information content (AvgIpc) is 2.68. The number of hydrogen-bond acceptors (Lipinski definition) is 1. The highest BCUT2D eigenvalue weighted by Crippen LogP contribution is 2.31. The third-order valence-electron chi connectivity index (χ3n) is 3.65. The van der Waals surface area contributed by atoms with Gasteiger partial charge in [0.05, 0.1) is 11.7 Å². The lowest BCUT2D eigenvalue weighted by atomic mass is 9.97. The van der Waals surface area contributed by atoms with Crippen LogP contribution in [0.15, 0.2) is 42.5 Å². The molecule has 1 aromatic carbocycles. The Morgan fingerprint density at radius 3 is 2.47 bits per heavy atom. The molecule has 2 heteroatoms. The van der Waals surface area contributed by atoms with E-state index in [9.17, 15) is 0 Å². The molecule has 0 radical (unpaired) electrons. The topological polar surface area (TPSA) is 9.23 Å². The summed E-state index contributed by atoms with van der Waals surface area (Å²) in [5, 5.41) is 0. The van der Waals surface area contributed by atoms with Gasteiger partial charge in [0.2, 0.25) is 0 Å². The molecule has 1 nitrogen and oxygen atoms in total. The van der Waals surface area contributed by atoms with Crippen LogP contribution in [0.2, 0.25) is 25.7 Å². The van der Waals surface area contributed by atoms with Crippen LogP contribution in [0.25, 0.3) is 0 Å². The van der Waals surface area contributed by atoms with Crippen LogP contribution in [-0.4, -0.2) is 19.8 Å². The summed E-state index contributed by atoms with van der Waals surface area (Å²) >= 11 is 0. The summed E-state index contributed by atoms with van der Waals surface area (Å²) in [5.41, 5.74) is 1.33. The molecule has 19 heavy (non-hydrogen) atoms. The van der Waals surface area contributed by atoms with Gasteiger partial charge < -0.3 is 4.74 Å². The number of aryl methyl sites for hydroxylation is 1. The molecule has 0 N–H and O–H groups in total. The van der Waals surface area contributed by atoms with Gasteiger partial charge in [0.25, 0.3) is 0 Å². The van der Waals surface area contributed by atoms with E-state index in [1.54, 1.807) is 0 Å². The molecule has 0 aliphatic carbocycles. The fourth-order valence-corrected chi connectivity index (χ4v) is 4.05. The summed E-state index contributed by atoms with van der Waals surface area (Å²) in [6.45, 7) is 9.44. The normalized spacial score (nSPS) is 26.8. The van der Waals surface area contributed by atoms with Crippen LogP contribution < -0.4 is 0 Å². The predicted octanol–water partition coefficient (Wildman–Crippen LogP) is 4.67. The highest BCUT2D eigenvalue weighted by atomic mass is 28.3. The van der Waals surface area contributed by atoms with E-state index in [1.807, 2.05) is 0 Å². The summed E-state index contributed by atoms with van der Waals surface area (Å²) in [6, 6.07) is 11.9. The smallest absolute Gasteiger partial charge is 0.0846 e. The number of hydrogen-bond donors (Lipinski definition) is 0. The van der Waals surface area contributed by atoms with Crippen molar-refractivity contribution < 1.29 is 4.74 Å². The van der Waals surface area contributed by atoms with E-state index in [2.05, 4.69) is 69.0 Å². The van der Waals surface area contributed by atoms with E-state index in [-0.39, 0.29) is 5.60 Å². The first-order chi connectivity index (χ1) is 8.86. The minimum absolute atomic E-state index is 0.0693. The molecule has 2 atom stereocenters. The van der Waals surface area contributed by atoms with Crippen molar-refractivity contribution in [2.24, 2.45) is 0 Å². The second-order valence-electron chi connectivity index (χ2n) is 7.08. The zero-order valence-electron chi connectivity index (χ0n) is 12.6. The van der Waals surface area contributed by atoms with Crippen molar-refractivity contribution >= 4 is 8.07 Å². The molecule has 0 saturated heterocycles. The van der Waals surface area contributed by atoms with Gasteiger partial charge >= 0.3 is 0 Å². The molecular formula is C17H26OSi. The quantitative estimate of drug-likeness (QED) is 0.560. The molecule has 0 spiro atoms. The zero-order valence-corrected chi connectivity index (χ0v) is 13.6. The van der Waals surface area contributed by atoms with Crippen molar-refractivity contribution in [2.45, 2.75) is 57.2 Å². The summed E-state index contributed by atoms with van der Waals surface area (Å²) in [5.74, 6) is 0. The fraction of sp³-hybridized carbons (Fsp3) is 0.529. The van der Waals surface area contributed by atoms with Crippen LogP contribution in [0.4, 0.5) is 0 Å². The second-order valence-corrected chi connectivity index (χ2v) is 12.6. The molecule has 0 amide bonds. The lowest BCUT2D eigenvalue weighted by Gasteiger charge is -2.27. The van der Waals surface area contributed by atoms with Gasteiger partial charge in [0, 0.05) is 8.07 Å². The lowest BCUT2D eigenvalue weighted by Crippen LogP contribution is -2.31. The maximum atomic E-state index is 6.27. The van der Waals surface area contributed by atoms with Gasteiger partial charge in [0.1, 0.15) is 0 Å². The van der Waals surface area contributed by atoms with Gasteiger partial charge in [-0.05, 0) is 31.4 Å². The van der Waals surface area contributed by atoms with Crippen molar-refractivity contribution in [3.05, 3.63) is 48.0 Å². The molecule has 0 aromatic heterocycles. The Hall–Kier alpha value is -0.863. The Labute approximate surface area is 118 Å². The Bertz CT molecular complexity index is 432. The van der Waals surface area contributed by atoms with Crippen molar-refractivity contribution in [1.29, 1.82) is 0 Å². The molecule has 1 heterocycles. The summed E-state index contributed by atoms with van der Waals surface area (Å²) in [6.07, 6.45) is 7.05. The van der Waals surface area contributed by atoms with Gasteiger partial charge in [0.15, 0.2) is 0 Å². The van der Waals surface area contributed by atoms with Gasteiger partial charge in [-0.15, -0.1) is 0 Å². The Kier molecular flexibility index (Phi) is 4.31. The van der Waals surface area contributed by atoms with Crippen molar-refractivity contribution in [1.82, 2.24) is 0 Å². The van der Waals surface area contributed by atoms with Crippen LogP contribution >= 0.6 is 0 Å². The molecule has 0 fully saturated rings. The number of ether oxygens (including phenoxy) is 1. The van der Waals surface area contributed by atoms with Crippen LogP contribution in [-0.2, 0) is 11.2 Å². The summed E-state index contributed by atoms with van der Waals surface area (Å²) in [4.78, 5) is 0. The average molecular weight is 274 g/mol. The van der Waals surface area contributed by atoms with Gasteiger partial charge in [-0.3, -0.25) is 0 Å². The molecular weight excluding hydrogens is 248 g/mol. The number of benzene rings is 1. The molecule has 1 aliphatic rings. The van der Waals surface area contributed by atoms with Gasteiger partial charge in [-0.25, -0.2) is 0 Å². The van der Waals surface area contributed by atoms with E-state index < -0.39 is 8.07 Å². The predicted molar refractivity (Wildman–Crippen MR) is 85.3 cm³/mol. The zero-order chi connectivity index (χ0) is 13.9. The molecule has 0 saturated carbocycles. The van der Waals surface area contributed by atoms with Crippen molar-refractivity contribution in [3.63, 3.8) is 0 Å². The highest BCUT2D eigenvalue weighted by Gasteiger charge is 2.32. The van der Waals surface area contributed by atoms with Crippen LogP contribution in [0.5, 0.6) is 0 Å². The first-order valence-electron chi connectivity index (χ1n) is 7.27. The lowest BCUT2D eigenvalue weighted by molar-refractivity contribution is -0.00843. The molecule has 1 aliphatic heterocycles. The van der Waals surface area contributed by atoms with Gasteiger partial charge in [-0.2, -0.15) is 0 Å². The minimum Gasteiger partial charge on any atom is -0.364 e. The monoisotopic (exact) mass is 274 g/mol. The van der Waals surface area contributed by atoms with Gasteiger partial charge in [-0.1, -0.05) is 62.1 Å². The Balaban J connectivity index is 1.87. The number of rotatable bonds is 5. The summed E-state index contributed by atoms with van der Waals surface area (Å²) < 4.78 is 6.27. The molecule has 0 bridgehead atoms. The molecule has 2 unspecified atom stereocenters. The van der Waals surface area contributed by atoms with E-state index in [1.165, 1.54) is 11.6 Å². The third-order valence-corrected chi connectivity index (χ3v) is 5.28. The van der Waals surface area contributed by atoms with E-state index in [0.29, 0.717) is 6.10 Å². The minimum atomic E-state index is -1.05. The first-order valence-corrected chi connectivity index (χ1v) is 11.0. The van der Waals surface area contributed by atoms with E-state index in [0.717, 1.165) is 12.8 Å². The Morgan fingerprint density at radius 1 is 1.16 bits per heavy atom. The third kappa shape index (κ3) is 4.63. The molecule has 104 valence electrons. The van der Waals surface area contributed by atoms with E-state index in [4.69, 9.17) is 4.74 Å². The maximum Gasteiger partial charge on any atom is 0.0846 e.